The molecule has 0 unspecified atom stereocenters. The highest BCUT2D eigenvalue weighted by molar-refractivity contribution is 6.02. The van der Waals surface area contributed by atoms with Crippen LogP contribution in [0.3, 0.4) is 0 Å². The highest BCUT2D eigenvalue weighted by Gasteiger charge is 2.15. The van der Waals surface area contributed by atoms with Gasteiger partial charge in [0.25, 0.3) is 5.91 Å². The molecule has 0 spiro atoms. The monoisotopic (exact) mass is 478 g/mol. The second kappa shape index (κ2) is 11.4. The Morgan fingerprint density at radius 3 is 2.47 bits per heavy atom. The number of rotatable bonds is 9. The van der Waals surface area contributed by atoms with Crippen molar-refractivity contribution in [3.8, 4) is 28.8 Å². The van der Waals surface area contributed by atoms with Gasteiger partial charge in [-0.3, -0.25) is 4.79 Å². The van der Waals surface area contributed by atoms with Crippen molar-refractivity contribution in [1.82, 2.24) is 15.1 Å². The number of carbonyl (C=O) groups excluding carboxylic acids is 1. The highest BCUT2D eigenvalue weighted by Crippen LogP contribution is 2.28. The molecule has 0 aliphatic rings. The second-order valence-electron chi connectivity index (χ2n) is 7.82. The smallest absolute Gasteiger partial charge is 0.262 e. The maximum Gasteiger partial charge on any atom is 0.262 e. The Balaban J connectivity index is 1.64. The minimum atomic E-state index is -0.486. The van der Waals surface area contributed by atoms with Gasteiger partial charge in [0.2, 0.25) is 0 Å². The van der Waals surface area contributed by atoms with E-state index in [4.69, 9.17) is 9.84 Å². The summed E-state index contributed by atoms with van der Waals surface area (Å²) in [6.45, 7) is 4.14. The Hall–Kier alpha value is -4.96. The summed E-state index contributed by atoms with van der Waals surface area (Å²) in [5, 5.41) is 16.9. The van der Waals surface area contributed by atoms with Gasteiger partial charge >= 0.3 is 0 Å². The fourth-order valence-corrected chi connectivity index (χ4v) is 3.45. The summed E-state index contributed by atoms with van der Waals surface area (Å²) in [5.74, 6) is -0.134. The van der Waals surface area contributed by atoms with E-state index in [-0.39, 0.29) is 17.9 Å². The molecule has 7 heteroatoms. The maximum atomic E-state index is 13.1. The Bertz CT molecular complexity index is 1420. The molecule has 1 heterocycles. The molecule has 1 N–H and O–H groups in total. The lowest BCUT2D eigenvalue weighted by molar-refractivity contribution is -0.116. The summed E-state index contributed by atoms with van der Waals surface area (Å²) in [6, 6.07) is 25.0. The minimum absolute atomic E-state index is 0.0371. The van der Waals surface area contributed by atoms with Gasteiger partial charge in [-0.1, -0.05) is 36.4 Å². The van der Waals surface area contributed by atoms with Gasteiger partial charge in [-0.15, -0.1) is 6.58 Å². The third kappa shape index (κ3) is 5.93. The van der Waals surface area contributed by atoms with Crippen molar-refractivity contribution < 1.29 is 13.9 Å². The van der Waals surface area contributed by atoms with Crippen molar-refractivity contribution in [1.29, 1.82) is 5.26 Å². The summed E-state index contributed by atoms with van der Waals surface area (Å²) in [4.78, 5) is 12.4. The van der Waals surface area contributed by atoms with E-state index in [1.807, 2.05) is 60.7 Å². The van der Waals surface area contributed by atoms with Crippen LogP contribution in [0.2, 0.25) is 0 Å². The predicted octanol–water partition coefficient (Wildman–Crippen LogP) is 5.47. The summed E-state index contributed by atoms with van der Waals surface area (Å²) in [5.41, 5.74) is 3.66. The summed E-state index contributed by atoms with van der Waals surface area (Å²) in [6.07, 6.45) is 4.85. The molecule has 178 valence electrons. The first-order valence-electron chi connectivity index (χ1n) is 11.2. The van der Waals surface area contributed by atoms with E-state index in [0.717, 1.165) is 16.8 Å². The van der Waals surface area contributed by atoms with Gasteiger partial charge in [0, 0.05) is 23.9 Å². The fraction of sp³-hybridized carbons (Fsp3) is 0.0690. The molecule has 1 amide bonds. The van der Waals surface area contributed by atoms with Crippen LogP contribution in [0.15, 0.2) is 103 Å². The summed E-state index contributed by atoms with van der Waals surface area (Å²) >= 11 is 0. The molecular formula is C29H23FN4O2. The van der Waals surface area contributed by atoms with Crippen molar-refractivity contribution >= 4 is 12.0 Å². The second-order valence-corrected chi connectivity index (χ2v) is 7.82. The maximum absolute atomic E-state index is 13.1. The number of aromatic nitrogens is 2. The molecule has 0 atom stereocenters. The first kappa shape index (κ1) is 24.2. The Morgan fingerprint density at radius 1 is 1.08 bits per heavy atom. The molecule has 6 nitrogen and oxygen atoms in total. The number of hydrogen-bond acceptors (Lipinski definition) is 4. The summed E-state index contributed by atoms with van der Waals surface area (Å²) in [7, 11) is 0. The van der Waals surface area contributed by atoms with Gasteiger partial charge in [0.1, 0.15) is 29.8 Å². The van der Waals surface area contributed by atoms with Gasteiger partial charge < -0.3 is 10.1 Å². The zero-order chi connectivity index (χ0) is 25.3. The third-order valence-electron chi connectivity index (χ3n) is 5.28. The average Bonchev–Trinajstić information content (AvgIpc) is 3.34. The van der Waals surface area contributed by atoms with E-state index < -0.39 is 5.91 Å². The minimum Gasteiger partial charge on any atom is -0.489 e. The Labute approximate surface area is 208 Å². The lowest BCUT2D eigenvalue weighted by Crippen LogP contribution is -2.24. The van der Waals surface area contributed by atoms with Crippen molar-refractivity contribution in [3.63, 3.8) is 0 Å². The number of halogens is 1. The topological polar surface area (TPSA) is 79.9 Å². The number of nitriles is 1. The lowest BCUT2D eigenvalue weighted by Gasteiger charge is -2.07. The number of hydrogen-bond donors (Lipinski definition) is 1. The van der Waals surface area contributed by atoms with Crippen molar-refractivity contribution in [2.75, 3.05) is 6.54 Å². The highest BCUT2D eigenvalue weighted by atomic mass is 19.1. The van der Waals surface area contributed by atoms with E-state index in [1.54, 1.807) is 29.1 Å². The molecule has 4 aromatic rings. The number of amides is 1. The number of nitrogens with one attached hydrogen (secondary N) is 1. The van der Waals surface area contributed by atoms with Crippen molar-refractivity contribution in [2.24, 2.45) is 0 Å². The van der Waals surface area contributed by atoms with Crippen molar-refractivity contribution in [3.05, 3.63) is 120 Å². The van der Waals surface area contributed by atoms with E-state index in [0.29, 0.717) is 23.6 Å². The molecule has 1 aromatic heterocycles. The molecule has 0 saturated heterocycles. The number of nitrogens with zero attached hydrogens (tertiary/aromatic N) is 3. The molecule has 0 aliphatic heterocycles. The SMILES string of the molecule is C=CCNC(=O)/C(C#N)=C/c1cn(-c2ccccc2)nc1-c1ccc(OCc2ccc(F)cc2)cc1. The van der Waals surface area contributed by atoms with Gasteiger partial charge in [-0.25, -0.2) is 9.07 Å². The number of ether oxygens (including phenoxy) is 1. The zero-order valence-electron chi connectivity index (χ0n) is 19.4. The Kier molecular flexibility index (Phi) is 7.69. The molecule has 0 saturated carbocycles. The normalized spacial score (nSPS) is 10.9. The van der Waals surface area contributed by atoms with E-state index in [2.05, 4.69) is 11.9 Å². The fourth-order valence-electron chi connectivity index (χ4n) is 3.45. The first-order chi connectivity index (χ1) is 17.6. The van der Waals surface area contributed by atoms with Crippen LogP contribution in [0.25, 0.3) is 23.0 Å². The average molecular weight is 479 g/mol. The molecule has 0 bridgehead atoms. The number of para-hydroxylation sites is 1. The number of benzene rings is 3. The Morgan fingerprint density at radius 2 is 1.81 bits per heavy atom. The van der Waals surface area contributed by atoms with Crippen LogP contribution in [0.5, 0.6) is 5.75 Å². The van der Waals surface area contributed by atoms with Crippen LogP contribution in [0.1, 0.15) is 11.1 Å². The van der Waals surface area contributed by atoms with Crippen LogP contribution in [-0.4, -0.2) is 22.2 Å². The zero-order valence-corrected chi connectivity index (χ0v) is 19.4. The molecule has 3 aromatic carbocycles. The molecule has 36 heavy (non-hydrogen) atoms. The first-order valence-corrected chi connectivity index (χ1v) is 11.2. The summed E-state index contributed by atoms with van der Waals surface area (Å²) < 4.78 is 20.6. The molecular weight excluding hydrogens is 455 g/mol. The van der Waals surface area contributed by atoms with Crippen LogP contribution >= 0.6 is 0 Å². The van der Waals surface area contributed by atoms with Gasteiger partial charge in [-0.2, -0.15) is 10.4 Å². The largest absolute Gasteiger partial charge is 0.489 e. The van der Waals surface area contributed by atoms with Crippen LogP contribution in [-0.2, 0) is 11.4 Å². The predicted molar refractivity (Wildman–Crippen MR) is 137 cm³/mol. The lowest BCUT2D eigenvalue weighted by atomic mass is 10.1. The van der Waals surface area contributed by atoms with Crippen LogP contribution in [0.4, 0.5) is 4.39 Å². The van der Waals surface area contributed by atoms with Crippen LogP contribution in [0, 0.1) is 17.1 Å². The van der Waals surface area contributed by atoms with Gasteiger partial charge in [0.05, 0.1) is 11.4 Å². The quantitative estimate of drug-likeness (QED) is 0.197. The third-order valence-corrected chi connectivity index (χ3v) is 5.28. The van der Waals surface area contributed by atoms with Crippen LogP contribution < -0.4 is 10.1 Å². The number of carbonyl (C=O) groups is 1. The van der Waals surface area contributed by atoms with Gasteiger partial charge in [-0.05, 0) is 60.2 Å². The standard InChI is InChI=1S/C29H23FN4O2/c1-2-16-32-29(35)23(18-31)17-24-19-34(26-6-4-3-5-7-26)33-28(24)22-10-14-27(15-11-22)36-20-21-8-12-25(30)13-9-21/h2-15,17,19H,1,16,20H2,(H,32,35)/b23-17+. The van der Waals surface area contributed by atoms with Gasteiger partial charge in [0.15, 0.2) is 0 Å². The van der Waals surface area contributed by atoms with E-state index in [1.165, 1.54) is 18.2 Å². The van der Waals surface area contributed by atoms with E-state index >= 15 is 0 Å². The molecule has 0 radical (unpaired) electrons. The molecule has 4 rings (SSSR count). The van der Waals surface area contributed by atoms with E-state index in [9.17, 15) is 14.4 Å². The molecule has 0 fully saturated rings. The molecule has 0 aliphatic carbocycles. The van der Waals surface area contributed by atoms with Crippen molar-refractivity contribution in [2.45, 2.75) is 6.61 Å².